The van der Waals surface area contributed by atoms with Gasteiger partial charge in [-0.2, -0.15) is 0 Å². The second-order valence-electron chi connectivity index (χ2n) is 3.95. The number of thiophene rings is 1. The number of aliphatic carboxylic acids is 1. The van der Waals surface area contributed by atoms with Gasteiger partial charge in [0, 0.05) is 23.7 Å². The summed E-state index contributed by atoms with van der Waals surface area (Å²) in [6.45, 7) is 0. The standard InChI is InChI=1S/C14H12N2O4S/c1-20-10-7-11(21-8-10)14(19)16-12-6-9(4-5-15-12)2-3-13(17)18/h2-8H,1H3,(H,17,18)(H,15,16,19)/b3-2+. The lowest BCUT2D eigenvalue weighted by molar-refractivity contribution is -0.131. The Kier molecular flexibility index (Phi) is 4.68. The summed E-state index contributed by atoms with van der Waals surface area (Å²) < 4.78 is 5.02. The van der Waals surface area contributed by atoms with Crippen molar-refractivity contribution >= 4 is 35.1 Å². The summed E-state index contributed by atoms with van der Waals surface area (Å²) in [7, 11) is 1.53. The number of rotatable bonds is 5. The zero-order valence-electron chi connectivity index (χ0n) is 11.1. The lowest BCUT2D eigenvalue weighted by atomic mass is 10.2. The predicted octanol–water partition coefficient (Wildman–Crippen LogP) is 2.50. The van der Waals surface area contributed by atoms with Crippen LogP contribution in [0.4, 0.5) is 5.82 Å². The summed E-state index contributed by atoms with van der Waals surface area (Å²) in [5.74, 6) is -0.366. The van der Waals surface area contributed by atoms with Gasteiger partial charge in [-0.25, -0.2) is 9.78 Å². The van der Waals surface area contributed by atoms with Gasteiger partial charge in [0.05, 0.1) is 12.0 Å². The third kappa shape index (κ3) is 4.15. The average molecular weight is 304 g/mol. The van der Waals surface area contributed by atoms with E-state index in [4.69, 9.17) is 9.84 Å². The summed E-state index contributed by atoms with van der Waals surface area (Å²) >= 11 is 1.26. The normalized spacial score (nSPS) is 10.5. The van der Waals surface area contributed by atoms with Gasteiger partial charge in [-0.3, -0.25) is 4.79 Å². The minimum absolute atomic E-state index is 0.296. The van der Waals surface area contributed by atoms with Gasteiger partial charge in [0.2, 0.25) is 0 Å². The molecule has 0 spiro atoms. The van der Waals surface area contributed by atoms with Gasteiger partial charge in [0.25, 0.3) is 5.91 Å². The zero-order chi connectivity index (χ0) is 15.2. The molecule has 2 aromatic heterocycles. The number of nitrogens with zero attached hydrogens (tertiary/aromatic N) is 1. The first-order valence-corrected chi connectivity index (χ1v) is 6.77. The van der Waals surface area contributed by atoms with Gasteiger partial charge in [-0.15, -0.1) is 11.3 Å². The van der Waals surface area contributed by atoms with Crippen LogP contribution >= 0.6 is 11.3 Å². The second-order valence-corrected chi connectivity index (χ2v) is 4.86. The monoisotopic (exact) mass is 304 g/mol. The van der Waals surface area contributed by atoms with Gasteiger partial charge in [-0.1, -0.05) is 0 Å². The van der Waals surface area contributed by atoms with Crippen molar-refractivity contribution in [3.05, 3.63) is 46.3 Å². The van der Waals surface area contributed by atoms with Crippen LogP contribution in [0.25, 0.3) is 6.08 Å². The van der Waals surface area contributed by atoms with Crippen molar-refractivity contribution in [2.45, 2.75) is 0 Å². The first-order valence-electron chi connectivity index (χ1n) is 5.89. The number of nitrogens with one attached hydrogen (secondary N) is 1. The Hall–Kier alpha value is -2.67. The van der Waals surface area contributed by atoms with Crippen molar-refractivity contribution in [3.8, 4) is 5.75 Å². The molecule has 0 fully saturated rings. The molecule has 0 saturated heterocycles. The van der Waals surface area contributed by atoms with E-state index >= 15 is 0 Å². The Labute approximate surface area is 124 Å². The van der Waals surface area contributed by atoms with Crippen molar-refractivity contribution in [2.24, 2.45) is 0 Å². The predicted molar refractivity (Wildman–Crippen MR) is 79.7 cm³/mol. The smallest absolute Gasteiger partial charge is 0.328 e. The zero-order valence-corrected chi connectivity index (χ0v) is 11.9. The number of aromatic nitrogens is 1. The van der Waals surface area contributed by atoms with E-state index in [1.807, 2.05) is 0 Å². The van der Waals surface area contributed by atoms with Crippen molar-refractivity contribution < 1.29 is 19.4 Å². The number of hydrogen-bond acceptors (Lipinski definition) is 5. The molecule has 7 heteroatoms. The van der Waals surface area contributed by atoms with Gasteiger partial charge >= 0.3 is 5.97 Å². The van der Waals surface area contributed by atoms with Crippen molar-refractivity contribution in [1.29, 1.82) is 0 Å². The van der Waals surface area contributed by atoms with Crippen LogP contribution in [0.5, 0.6) is 5.75 Å². The van der Waals surface area contributed by atoms with Crippen LogP contribution in [0.2, 0.25) is 0 Å². The fourth-order valence-electron chi connectivity index (χ4n) is 1.51. The Morgan fingerprint density at radius 1 is 1.43 bits per heavy atom. The number of carboxylic acids is 1. The average Bonchev–Trinajstić information content (AvgIpc) is 2.94. The van der Waals surface area contributed by atoms with Crippen molar-refractivity contribution in [2.75, 3.05) is 12.4 Å². The minimum Gasteiger partial charge on any atom is -0.496 e. The maximum absolute atomic E-state index is 12.0. The summed E-state index contributed by atoms with van der Waals surface area (Å²) in [6, 6.07) is 4.86. The molecule has 2 aromatic rings. The SMILES string of the molecule is COc1csc(C(=O)Nc2cc(/C=C/C(=O)O)ccn2)c1. The largest absolute Gasteiger partial charge is 0.496 e. The van der Waals surface area contributed by atoms with Crippen LogP contribution < -0.4 is 10.1 Å². The molecule has 2 rings (SSSR count). The number of carboxylic acid groups (broad SMARTS) is 1. The van der Waals surface area contributed by atoms with Crippen LogP contribution in [-0.2, 0) is 4.79 Å². The number of amides is 1. The van der Waals surface area contributed by atoms with E-state index in [2.05, 4.69) is 10.3 Å². The van der Waals surface area contributed by atoms with Gasteiger partial charge in [-0.05, 0) is 23.8 Å². The third-order valence-corrected chi connectivity index (χ3v) is 3.39. The number of hydrogen-bond donors (Lipinski definition) is 2. The van der Waals surface area contributed by atoms with Gasteiger partial charge in [0.1, 0.15) is 11.6 Å². The van der Waals surface area contributed by atoms with E-state index in [9.17, 15) is 9.59 Å². The molecule has 108 valence electrons. The summed E-state index contributed by atoms with van der Waals surface area (Å²) in [5.41, 5.74) is 0.631. The van der Waals surface area contributed by atoms with E-state index in [0.29, 0.717) is 22.0 Å². The molecule has 0 unspecified atom stereocenters. The van der Waals surface area contributed by atoms with Crippen molar-refractivity contribution in [1.82, 2.24) is 4.98 Å². The fraction of sp³-hybridized carbons (Fsp3) is 0.0714. The molecule has 2 N–H and O–H groups in total. The highest BCUT2D eigenvalue weighted by atomic mass is 32.1. The summed E-state index contributed by atoms with van der Waals surface area (Å²) in [4.78, 5) is 27.0. The van der Waals surface area contributed by atoms with Crippen LogP contribution in [0, 0.1) is 0 Å². The molecule has 0 radical (unpaired) electrons. The lowest BCUT2D eigenvalue weighted by Crippen LogP contribution is -2.11. The number of carbonyl (C=O) groups is 2. The lowest BCUT2D eigenvalue weighted by Gasteiger charge is -2.03. The number of methoxy groups -OCH3 is 1. The molecular weight excluding hydrogens is 292 g/mol. The van der Waals surface area contributed by atoms with Crippen LogP contribution in [0.3, 0.4) is 0 Å². The van der Waals surface area contributed by atoms with Crippen LogP contribution in [0.15, 0.2) is 35.9 Å². The van der Waals surface area contributed by atoms with Crippen molar-refractivity contribution in [3.63, 3.8) is 0 Å². The number of carbonyl (C=O) groups excluding carboxylic acids is 1. The van der Waals surface area contributed by atoms with Crippen LogP contribution in [-0.4, -0.2) is 29.1 Å². The molecule has 6 nitrogen and oxygen atoms in total. The van der Waals surface area contributed by atoms with E-state index in [1.54, 1.807) is 23.6 Å². The fourth-order valence-corrected chi connectivity index (χ4v) is 2.26. The highest BCUT2D eigenvalue weighted by molar-refractivity contribution is 7.12. The highest BCUT2D eigenvalue weighted by Gasteiger charge is 2.10. The first-order chi connectivity index (χ1) is 10.1. The third-order valence-electron chi connectivity index (χ3n) is 2.48. The van der Waals surface area contributed by atoms with Gasteiger partial charge < -0.3 is 15.2 Å². The molecular formula is C14H12N2O4S. The van der Waals surface area contributed by atoms with E-state index in [0.717, 1.165) is 6.08 Å². The Bertz CT molecular complexity index is 694. The van der Waals surface area contributed by atoms with E-state index in [-0.39, 0.29) is 5.91 Å². The molecule has 0 aliphatic rings. The van der Waals surface area contributed by atoms with E-state index in [1.165, 1.54) is 30.7 Å². The molecule has 2 heterocycles. The van der Waals surface area contributed by atoms with Gasteiger partial charge in [0.15, 0.2) is 0 Å². The maximum Gasteiger partial charge on any atom is 0.328 e. The molecule has 0 bridgehead atoms. The molecule has 0 aromatic carbocycles. The molecule has 0 aliphatic heterocycles. The molecule has 21 heavy (non-hydrogen) atoms. The molecule has 0 aliphatic carbocycles. The minimum atomic E-state index is -1.04. The van der Waals surface area contributed by atoms with E-state index < -0.39 is 5.97 Å². The quantitative estimate of drug-likeness (QED) is 0.829. The molecule has 0 atom stereocenters. The first kappa shape index (κ1) is 14.7. The summed E-state index contributed by atoms with van der Waals surface area (Å²) in [5, 5.41) is 13.0. The summed E-state index contributed by atoms with van der Waals surface area (Å²) in [6.07, 6.45) is 3.94. The Balaban J connectivity index is 2.10. The number of ether oxygens (including phenoxy) is 1. The Morgan fingerprint density at radius 3 is 2.90 bits per heavy atom. The topological polar surface area (TPSA) is 88.5 Å². The van der Waals surface area contributed by atoms with Crippen LogP contribution in [0.1, 0.15) is 15.2 Å². The molecule has 1 amide bonds. The number of anilines is 1. The Morgan fingerprint density at radius 2 is 2.24 bits per heavy atom. The maximum atomic E-state index is 12.0. The number of pyridine rings is 1. The highest BCUT2D eigenvalue weighted by Crippen LogP contribution is 2.22. The molecule has 0 saturated carbocycles. The second kappa shape index (κ2) is 6.67.